The molecule has 5 nitrogen and oxygen atoms in total. The average Bonchev–Trinajstić information content (AvgIpc) is 2.42. The monoisotopic (exact) mass is 267 g/mol. The summed E-state index contributed by atoms with van der Waals surface area (Å²) in [6.45, 7) is 4.38. The largest absolute Gasteiger partial charge is 0.493 e. The van der Waals surface area contributed by atoms with Crippen molar-refractivity contribution in [3.8, 4) is 17.2 Å². The molecule has 0 saturated carbocycles. The van der Waals surface area contributed by atoms with Crippen molar-refractivity contribution >= 4 is 0 Å². The fourth-order valence-electron chi connectivity index (χ4n) is 1.97. The zero-order valence-corrected chi connectivity index (χ0v) is 11.4. The van der Waals surface area contributed by atoms with Crippen LogP contribution in [0.4, 0.5) is 0 Å². The third-order valence-electron chi connectivity index (χ3n) is 2.96. The molecule has 5 heteroatoms. The van der Waals surface area contributed by atoms with Crippen molar-refractivity contribution < 1.29 is 19.3 Å². The van der Waals surface area contributed by atoms with Crippen LogP contribution in [0.15, 0.2) is 12.1 Å². The van der Waals surface area contributed by atoms with E-state index >= 15 is 0 Å². The Labute approximate surface area is 113 Å². The Morgan fingerprint density at radius 3 is 2.89 bits per heavy atom. The Hall–Kier alpha value is -1.46. The Kier molecular flexibility index (Phi) is 4.87. The molecular formula is C14H21NO4. The number of methoxy groups -OCH3 is 1. The molecule has 0 fully saturated rings. The van der Waals surface area contributed by atoms with Gasteiger partial charge in [0.05, 0.1) is 13.2 Å². The lowest BCUT2D eigenvalue weighted by molar-refractivity contribution is 0.165. The molecule has 2 rings (SSSR count). The molecule has 1 heterocycles. The number of nitrogens with one attached hydrogen (secondary N) is 1. The molecule has 1 atom stereocenters. The maximum atomic E-state index is 9.19. The van der Waals surface area contributed by atoms with Gasteiger partial charge in [-0.3, -0.25) is 0 Å². The summed E-state index contributed by atoms with van der Waals surface area (Å²) in [7, 11) is 1.62. The van der Waals surface area contributed by atoms with Crippen LogP contribution in [0.5, 0.6) is 17.2 Å². The summed E-state index contributed by atoms with van der Waals surface area (Å²) < 4.78 is 16.5. The average molecular weight is 267 g/mol. The highest BCUT2D eigenvalue weighted by Gasteiger charge is 2.18. The van der Waals surface area contributed by atoms with Crippen molar-refractivity contribution in [2.45, 2.75) is 26.0 Å². The minimum absolute atomic E-state index is 0.276. The number of ether oxygens (including phenoxy) is 3. The molecule has 1 aromatic carbocycles. The van der Waals surface area contributed by atoms with Gasteiger partial charge in [-0.15, -0.1) is 0 Å². The third-order valence-corrected chi connectivity index (χ3v) is 2.96. The van der Waals surface area contributed by atoms with Gasteiger partial charge in [0.15, 0.2) is 11.5 Å². The van der Waals surface area contributed by atoms with Crippen molar-refractivity contribution in [2.24, 2.45) is 0 Å². The topological polar surface area (TPSA) is 60.0 Å². The highest BCUT2D eigenvalue weighted by Crippen LogP contribution is 2.40. The third kappa shape index (κ3) is 3.75. The van der Waals surface area contributed by atoms with Crippen LogP contribution in [-0.2, 0) is 6.54 Å². The Morgan fingerprint density at radius 2 is 2.16 bits per heavy atom. The van der Waals surface area contributed by atoms with Gasteiger partial charge in [-0.1, -0.05) is 0 Å². The first-order valence-corrected chi connectivity index (χ1v) is 6.56. The predicted molar refractivity (Wildman–Crippen MR) is 72.0 cm³/mol. The van der Waals surface area contributed by atoms with Gasteiger partial charge in [0, 0.05) is 6.54 Å². The fourth-order valence-corrected chi connectivity index (χ4v) is 1.97. The van der Waals surface area contributed by atoms with Crippen LogP contribution in [0.1, 0.15) is 18.9 Å². The number of hydrogen-bond donors (Lipinski definition) is 2. The van der Waals surface area contributed by atoms with Crippen LogP contribution in [0.3, 0.4) is 0 Å². The van der Waals surface area contributed by atoms with Crippen molar-refractivity contribution in [3.05, 3.63) is 17.7 Å². The van der Waals surface area contributed by atoms with E-state index in [2.05, 4.69) is 5.32 Å². The maximum Gasteiger partial charge on any atom is 0.203 e. The molecule has 0 amide bonds. The van der Waals surface area contributed by atoms with Crippen molar-refractivity contribution in [1.82, 2.24) is 5.32 Å². The Morgan fingerprint density at radius 1 is 1.37 bits per heavy atom. The van der Waals surface area contributed by atoms with Crippen LogP contribution < -0.4 is 19.5 Å². The lowest BCUT2D eigenvalue weighted by atomic mass is 10.1. The predicted octanol–water partition coefficient (Wildman–Crippen LogP) is 1.33. The summed E-state index contributed by atoms with van der Waals surface area (Å²) in [5, 5.41) is 12.5. The van der Waals surface area contributed by atoms with Gasteiger partial charge in [0.25, 0.3) is 0 Å². The molecule has 0 aromatic heterocycles. The zero-order chi connectivity index (χ0) is 13.7. The van der Waals surface area contributed by atoms with Gasteiger partial charge in [-0.25, -0.2) is 0 Å². The van der Waals surface area contributed by atoms with Gasteiger partial charge in [-0.05, 0) is 37.6 Å². The number of aliphatic hydroxyl groups is 1. The fraction of sp³-hybridized carbons (Fsp3) is 0.571. The van der Waals surface area contributed by atoms with E-state index in [0.29, 0.717) is 31.3 Å². The van der Waals surface area contributed by atoms with Gasteiger partial charge < -0.3 is 24.6 Å². The zero-order valence-electron chi connectivity index (χ0n) is 11.4. The Balaban J connectivity index is 2.01. The van der Waals surface area contributed by atoms with Crippen LogP contribution in [0.25, 0.3) is 0 Å². The SMILES string of the molecule is COc1cc(CNCCC(C)O)cc2c1OCCO2. The summed E-state index contributed by atoms with van der Waals surface area (Å²) in [4.78, 5) is 0. The first kappa shape index (κ1) is 14.0. The molecule has 0 radical (unpaired) electrons. The number of fused-ring (bicyclic) bond motifs is 1. The van der Waals surface area contributed by atoms with Crippen LogP contribution in [-0.4, -0.2) is 38.1 Å². The smallest absolute Gasteiger partial charge is 0.203 e. The summed E-state index contributed by atoms with van der Waals surface area (Å²) in [6, 6.07) is 3.91. The second-order valence-corrected chi connectivity index (χ2v) is 4.64. The number of aliphatic hydroxyl groups excluding tert-OH is 1. The van der Waals surface area contributed by atoms with Crippen LogP contribution in [0, 0.1) is 0 Å². The molecule has 1 aliphatic heterocycles. The van der Waals surface area contributed by atoms with E-state index in [4.69, 9.17) is 14.2 Å². The molecule has 1 aromatic rings. The van der Waals surface area contributed by atoms with E-state index < -0.39 is 0 Å². The van der Waals surface area contributed by atoms with Crippen molar-refractivity contribution in [1.29, 1.82) is 0 Å². The number of benzene rings is 1. The lowest BCUT2D eigenvalue weighted by Gasteiger charge is -2.21. The van der Waals surface area contributed by atoms with Gasteiger partial charge in [0.1, 0.15) is 13.2 Å². The molecule has 0 saturated heterocycles. The van der Waals surface area contributed by atoms with E-state index in [-0.39, 0.29) is 6.10 Å². The van der Waals surface area contributed by atoms with E-state index in [1.54, 1.807) is 14.0 Å². The molecular weight excluding hydrogens is 246 g/mol. The van der Waals surface area contributed by atoms with E-state index in [1.807, 2.05) is 12.1 Å². The van der Waals surface area contributed by atoms with E-state index in [1.165, 1.54) is 0 Å². The quantitative estimate of drug-likeness (QED) is 0.761. The van der Waals surface area contributed by atoms with Crippen molar-refractivity contribution in [2.75, 3.05) is 26.9 Å². The normalized spacial score (nSPS) is 15.1. The second kappa shape index (κ2) is 6.63. The molecule has 1 unspecified atom stereocenters. The summed E-state index contributed by atoms with van der Waals surface area (Å²) in [5.41, 5.74) is 1.08. The summed E-state index contributed by atoms with van der Waals surface area (Å²) in [6.07, 6.45) is 0.462. The molecule has 0 bridgehead atoms. The second-order valence-electron chi connectivity index (χ2n) is 4.64. The molecule has 19 heavy (non-hydrogen) atoms. The lowest BCUT2D eigenvalue weighted by Crippen LogP contribution is -2.20. The summed E-state index contributed by atoms with van der Waals surface area (Å²) in [5.74, 6) is 2.11. The first-order chi connectivity index (χ1) is 9.20. The standard InChI is InChI=1S/C14H21NO4/c1-10(16)3-4-15-9-11-7-12(17-2)14-13(8-11)18-5-6-19-14/h7-8,10,15-16H,3-6,9H2,1-2H3. The molecule has 0 spiro atoms. The van der Waals surface area contributed by atoms with Gasteiger partial charge >= 0.3 is 0 Å². The molecule has 2 N–H and O–H groups in total. The first-order valence-electron chi connectivity index (χ1n) is 6.56. The summed E-state index contributed by atoms with van der Waals surface area (Å²) >= 11 is 0. The molecule has 106 valence electrons. The minimum Gasteiger partial charge on any atom is -0.493 e. The van der Waals surface area contributed by atoms with Crippen molar-refractivity contribution in [3.63, 3.8) is 0 Å². The van der Waals surface area contributed by atoms with Crippen LogP contribution >= 0.6 is 0 Å². The van der Waals surface area contributed by atoms with E-state index in [0.717, 1.165) is 24.3 Å². The highest BCUT2D eigenvalue weighted by atomic mass is 16.6. The van der Waals surface area contributed by atoms with E-state index in [9.17, 15) is 5.11 Å². The molecule has 0 aliphatic carbocycles. The maximum absolute atomic E-state index is 9.19. The number of hydrogen-bond acceptors (Lipinski definition) is 5. The minimum atomic E-state index is -0.276. The van der Waals surface area contributed by atoms with Crippen LogP contribution in [0.2, 0.25) is 0 Å². The van der Waals surface area contributed by atoms with Gasteiger partial charge in [0.2, 0.25) is 5.75 Å². The van der Waals surface area contributed by atoms with Gasteiger partial charge in [-0.2, -0.15) is 0 Å². The Bertz CT molecular complexity index is 403. The number of rotatable bonds is 6. The highest BCUT2D eigenvalue weighted by molar-refractivity contribution is 5.54. The molecule has 1 aliphatic rings.